The van der Waals surface area contributed by atoms with Gasteiger partial charge in [-0.15, -0.1) is 0 Å². The molecule has 1 atom stereocenters. The summed E-state index contributed by atoms with van der Waals surface area (Å²) < 4.78 is 0. The van der Waals surface area contributed by atoms with Crippen LogP contribution in [0.2, 0.25) is 5.02 Å². The van der Waals surface area contributed by atoms with Gasteiger partial charge in [-0.3, -0.25) is 4.90 Å². The number of benzene rings is 2. The Kier molecular flexibility index (Phi) is 3.50. The molecule has 0 aromatic heterocycles. The lowest BCUT2D eigenvalue weighted by molar-refractivity contribution is 0.0624. The van der Waals surface area contributed by atoms with Crippen LogP contribution in [0, 0.1) is 5.92 Å². The Labute approximate surface area is 149 Å². The molecule has 0 spiro atoms. The van der Waals surface area contributed by atoms with Crippen molar-refractivity contribution in [1.82, 2.24) is 4.90 Å². The van der Waals surface area contributed by atoms with E-state index in [-0.39, 0.29) is 0 Å². The number of likely N-dealkylation sites (tertiary alicyclic amines) is 1. The van der Waals surface area contributed by atoms with Crippen molar-refractivity contribution in [3.63, 3.8) is 0 Å². The lowest BCUT2D eigenvalue weighted by Gasteiger charge is -2.42. The van der Waals surface area contributed by atoms with Crippen molar-refractivity contribution in [2.45, 2.75) is 44.6 Å². The van der Waals surface area contributed by atoms with E-state index in [4.69, 9.17) is 11.6 Å². The van der Waals surface area contributed by atoms with E-state index >= 15 is 0 Å². The highest BCUT2D eigenvalue weighted by Gasteiger charge is 2.34. The number of rotatable bonds is 3. The number of halogens is 1. The monoisotopic (exact) mass is 337 g/mol. The standard InChI is InChI=1S/C22H24ClN/c1-14-12-24(13-14)22-9-6-18-10-16(5-8-20(18)22)17-4-7-19(15-2-3-15)21(23)11-17/h4-5,7-8,10-11,14-15,22H,2-3,6,9,12-13H2,1H3. The molecule has 1 saturated carbocycles. The highest BCUT2D eigenvalue weighted by molar-refractivity contribution is 6.31. The molecule has 2 heteroatoms. The van der Waals surface area contributed by atoms with Crippen LogP contribution >= 0.6 is 11.6 Å². The molecule has 2 aromatic rings. The molecule has 2 fully saturated rings. The van der Waals surface area contributed by atoms with E-state index < -0.39 is 0 Å². The third-order valence-corrected chi connectivity index (χ3v) is 6.40. The van der Waals surface area contributed by atoms with Crippen molar-refractivity contribution in [3.05, 3.63) is 58.1 Å². The van der Waals surface area contributed by atoms with Crippen molar-refractivity contribution in [2.24, 2.45) is 5.92 Å². The van der Waals surface area contributed by atoms with Crippen LogP contribution in [0.3, 0.4) is 0 Å². The molecular formula is C22H24ClN. The van der Waals surface area contributed by atoms with Gasteiger partial charge in [0.1, 0.15) is 0 Å². The average molecular weight is 338 g/mol. The third-order valence-electron chi connectivity index (χ3n) is 6.07. The van der Waals surface area contributed by atoms with Crippen molar-refractivity contribution >= 4 is 11.6 Å². The summed E-state index contributed by atoms with van der Waals surface area (Å²) >= 11 is 6.53. The summed E-state index contributed by atoms with van der Waals surface area (Å²) in [7, 11) is 0. The molecule has 1 unspecified atom stereocenters. The topological polar surface area (TPSA) is 3.24 Å². The van der Waals surface area contributed by atoms with Gasteiger partial charge in [0.25, 0.3) is 0 Å². The van der Waals surface area contributed by atoms with E-state index in [1.165, 1.54) is 55.5 Å². The van der Waals surface area contributed by atoms with E-state index in [0.717, 1.165) is 10.9 Å². The van der Waals surface area contributed by atoms with Gasteiger partial charge in [0.05, 0.1) is 0 Å². The average Bonchev–Trinajstić information content (AvgIpc) is 3.31. The fourth-order valence-corrected chi connectivity index (χ4v) is 4.92. The summed E-state index contributed by atoms with van der Waals surface area (Å²) in [4.78, 5) is 2.65. The first-order chi connectivity index (χ1) is 11.7. The maximum absolute atomic E-state index is 6.53. The molecule has 2 aliphatic carbocycles. The predicted molar refractivity (Wildman–Crippen MR) is 101 cm³/mol. The largest absolute Gasteiger partial charge is 0.296 e. The van der Waals surface area contributed by atoms with Gasteiger partial charge in [-0.1, -0.05) is 48.9 Å². The minimum atomic E-state index is 0.658. The van der Waals surface area contributed by atoms with Gasteiger partial charge in [0.15, 0.2) is 0 Å². The van der Waals surface area contributed by atoms with Crippen LogP contribution in [-0.2, 0) is 6.42 Å². The quantitative estimate of drug-likeness (QED) is 0.681. The van der Waals surface area contributed by atoms with Crippen molar-refractivity contribution in [2.75, 3.05) is 13.1 Å². The van der Waals surface area contributed by atoms with Crippen LogP contribution in [0.5, 0.6) is 0 Å². The molecule has 3 aliphatic rings. The number of hydrogen-bond donors (Lipinski definition) is 0. The molecule has 2 aromatic carbocycles. The molecule has 1 aliphatic heterocycles. The molecule has 0 radical (unpaired) electrons. The Balaban J connectivity index is 1.43. The molecular weight excluding hydrogens is 314 g/mol. The first-order valence-corrected chi connectivity index (χ1v) is 9.73. The minimum Gasteiger partial charge on any atom is -0.296 e. The highest BCUT2D eigenvalue weighted by Crippen LogP contribution is 2.45. The van der Waals surface area contributed by atoms with Crippen LogP contribution in [0.4, 0.5) is 0 Å². The second-order valence-electron chi connectivity index (χ2n) is 8.04. The number of aryl methyl sites for hydroxylation is 1. The Morgan fingerprint density at radius 1 is 0.917 bits per heavy atom. The SMILES string of the molecule is CC1CN(C2CCc3cc(-c4ccc(C5CC5)c(Cl)c4)ccc32)C1. The van der Waals surface area contributed by atoms with Gasteiger partial charge >= 0.3 is 0 Å². The number of fused-ring (bicyclic) bond motifs is 1. The number of nitrogens with zero attached hydrogens (tertiary/aromatic N) is 1. The second-order valence-corrected chi connectivity index (χ2v) is 8.44. The third kappa shape index (κ3) is 2.50. The lowest BCUT2D eigenvalue weighted by atomic mass is 9.95. The predicted octanol–water partition coefficient (Wildman–Crippen LogP) is 5.82. The minimum absolute atomic E-state index is 0.658. The highest BCUT2D eigenvalue weighted by atomic mass is 35.5. The Bertz CT molecular complexity index is 787. The fraction of sp³-hybridized carbons (Fsp3) is 0.455. The maximum atomic E-state index is 6.53. The first-order valence-electron chi connectivity index (χ1n) is 9.36. The molecule has 1 saturated heterocycles. The molecule has 1 heterocycles. The zero-order valence-corrected chi connectivity index (χ0v) is 15.0. The van der Waals surface area contributed by atoms with Gasteiger partial charge < -0.3 is 0 Å². The van der Waals surface area contributed by atoms with Crippen molar-refractivity contribution in [1.29, 1.82) is 0 Å². The summed E-state index contributed by atoms with van der Waals surface area (Å²) in [5, 5.41) is 0.947. The van der Waals surface area contributed by atoms with Crippen LogP contribution < -0.4 is 0 Å². The summed E-state index contributed by atoms with van der Waals surface area (Å²) in [5.74, 6) is 1.59. The smallest absolute Gasteiger partial charge is 0.0446 e. The molecule has 0 bridgehead atoms. The van der Waals surface area contributed by atoms with Gasteiger partial charge in [-0.2, -0.15) is 0 Å². The van der Waals surface area contributed by atoms with Crippen molar-refractivity contribution < 1.29 is 0 Å². The lowest BCUT2D eigenvalue weighted by Crippen LogP contribution is -2.46. The Morgan fingerprint density at radius 2 is 1.62 bits per heavy atom. The number of hydrogen-bond acceptors (Lipinski definition) is 1. The molecule has 24 heavy (non-hydrogen) atoms. The fourth-order valence-electron chi connectivity index (χ4n) is 4.59. The van der Waals surface area contributed by atoms with E-state index in [2.05, 4.69) is 48.2 Å². The summed E-state index contributed by atoms with van der Waals surface area (Å²) in [6.07, 6.45) is 5.10. The first kappa shape index (κ1) is 15.0. The van der Waals surface area contributed by atoms with E-state index in [0.29, 0.717) is 12.0 Å². The van der Waals surface area contributed by atoms with Crippen LogP contribution in [0.15, 0.2) is 36.4 Å². The van der Waals surface area contributed by atoms with E-state index in [1.54, 1.807) is 11.1 Å². The van der Waals surface area contributed by atoms with Gasteiger partial charge in [-0.25, -0.2) is 0 Å². The maximum Gasteiger partial charge on any atom is 0.0446 e. The van der Waals surface area contributed by atoms with E-state index in [9.17, 15) is 0 Å². The summed E-state index contributed by atoms with van der Waals surface area (Å²) in [6, 6.07) is 14.4. The molecule has 124 valence electrons. The van der Waals surface area contributed by atoms with Gasteiger partial charge in [0, 0.05) is 24.2 Å². The Morgan fingerprint density at radius 3 is 2.29 bits per heavy atom. The summed E-state index contributed by atoms with van der Waals surface area (Å²) in [6.45, 7) is 4.89. The molecule has 0 amide bonds. The second kappa shape index (κ2) is 5.61. The molecule has 0 N–H and O–H groups in total. The summed E-state index contributed by atoms with van der Waals surface area (Å²) in [5.41, 5.74) is 7.02. The van der Waals surface area contributed by atoms with Crippen LogP contribution in [0.1, 0.15) is 54.8 Å². The van der Waals surface area contributed by atoms with Gasteiger partial charge in [-0.05, 0) is 71.4 Å². The normalized spacial score (nSPS) is 24.0. The molecule has 1 nitrogen and oxygen atoms in total. The zero-order valence-electron chi connectivity index (χ0n) is 14.3. The van der Waals surface area contributed by atoms with Crippen molar-refractivity contribution in [3.8, 4) is 11.1 Å². The Hall–Kier alpha value is -1.31. The molecule has 5 rings (SSSR count). The zero-order chi connectivity index (χ0) is 16.3. The van der Waals surface area contributed by atoms with E-state index in [1.807, 2.05) is 0 Å². The van der Waals surface area contributed by atoms with Crippen LogP contribution in [0.25, 0.3) is 11.1 Å². The van der Waals surface area contributed by atoms with Crippen LogP contribution in [-0.4, -0.2) is 18.0 Å². The van der Waals surface area contributed by atoms with Gasteiger partial charge in [0.2, 0.25) is 0 Å².